The zero-order valence-electron chi connectivity index (χ0n) is 31.9. The van der Waals surface area contributed by atoms with Gasteiger partial charge in [-0.15, -0.1) is 20.5 Å². The van der Waals surface area contributed by atoms with Crippen molar-refractivity contribution in [2.75, 3.05) is 7.11 Å². The van der Waals surface area contributed by atoms with Crippen LogP contribution in [0.2, 0.25) is 0 Å². The van der Waals surface area contributed by atoms with E-state index in [0.717, 1.165) is 53.5 Å². The molecule has 0 unspecified atom stereocenters. The first-order valence-corrected chi connectivity index (χ1v) is 18.5. The molecule has 22 heteroatoms. The number of aliphatic carboxylic acids is 1. The van der Waals surface area contributed by atoms with Gasteiger partial charge in [-0.25, -0.2) is 37.3 Å². The number of aliphatic hydroxyl groups is 1. The van der Waals surface area contributed by atoms with Crippen LogP contribution in [0.5, 0.6) is 5.75 Å². The molecular weight excluding hydrogens is 910 g/mol. The van der Waals surface area contributed by atoms with Crippen molar-refractivity contribution in [2.45, 2.75) is 53.1 Å². The standard InChI is InChI=1S/C33H34N6O.C2H4O2.CH4O.2ClHO4.2Zn/c1-26-18-27(20-38(22-29-10-2-6-14-34-29)23-30-11-3-7-15-35-30)33(40)28(19-26)21-39(24-31-12-4-8-16-36-31)25-32-13-5-9-17-37-32;1-2(3)4;1-2;2*2-1(3,4)5;;/h2-19,40H,20-25H2,1H3;1H3,(H,3,4);2H,1H3;2*(H,2,3,4,5);;/q;;;;;2*+2/p-4. The van der Waals surface area contributed by atoms with Crippen LogP contribution in [0, 0.1) is 27.4 Å². The molecule has 4 aromatic heterocycles. The topological polar surface area (TPSA) is 326 Å². The number of nitrogens with zero attached hydrogens (tertiary/aromatic N) is 6. The number of rotatable bonds is 12. The van der Waals surface area contributed by atoms with Gasteiger partial charge in [-0.1, -0.05) is 47.7 Å². The monoisotopic (exact) mass is 946 g/mol. The summed E-state index contributed by atoms with van der Waals surface area (Å²) in [5.41, 5.74) is 6.43. The second-order valence-corrected chi connectivity index (χ2v) is 12.7. The van der Waals surface area contributed by atoms with Crippen molar-refractivity contribution in [3.63, 3.8) is 0 Å². The number of hydrogen-bond acceptors (Lipinski definition) is 18. The number of aromatic nitrogens is 4. The number of benzene rings is 1. The first-order valence-electron chi connectivity index (χ1n) is 16.0. The minimum absolute atomic E-state index is 0. The number of carboxylic acids is 1. The number of halogens is 2. The molecule has 304 valence electrons. The van der Waals surface area contributed by atoms with Crippen LogP contribution in [0.1, 0.15) is 46.4 Å². The van der Waals surface area contributed by atoms with E-state index in [-0.39, 0.29) is 44.7 Å². The predicted molar refractivity (Wildman–Crippen MR) is 172 cm³/mol. The van der Waals surface area contributed by atoms with Gasteiger partial charge in [0.25, 0.3) is 0 Å². The van der Waals surface area contributed by atoms with E-state index in [0.29, 0.717) is 39.3 Å². The summed E-state index contributed by atoms with van der Waals surface area (Å²) in [6.07, 6.45) is 7.21. The number of carbonyl (C=O) groups is 1. The van der Waals surface area contributed by atoms with Crippen molar-refractivity contribution in [3.05, 3.63) is 149 Å². The maximum absolute atomic E-state index is 13.9. The zero-order chi connectivity index (χ0) is 42.1. The molecule has 0 aliphatic carbocycles. The summed E-state index contributed by atoms with van der Waals surface area (Å²) in [7, 11) is -8.89. The van der Waals surface area contributed by atoms with Crippen molar-refractivity contribution < 1.29 is 117 Å². The fourth-order valence-corrected chi connectivity index (χ4v) is 4.86. The Morgan fingerprint density at radius 3 is 0.966 bits per heavy atom. The quantitative estimate of drug-likeness (QED) is 0.114. The van der Waals surface area contributed by atoms with Gasteiger partial charge in [0.05, 0.1) is 22.8 Å². The third-order valence-corrected chi connectivity index (χ3v) is 6.62. The minimum Gasteiger partial charge on any atom is -0.872 e. The van der Waals surface area contributed by atoms with Gasteiger partial charge in [0, 0.05) is 77.1 Å². The van der Waals surface area contributed by atoms with Crippen LogP contribution in [-0.2, 0) is 83.0 Å². The molecular formula is C36H40Cl2N6O12Zn2. The van der Waals surface area contributed by atoms with E-state index in [4.69, 9.17) is 52.3 Å². The third kappa shape index (κ3) is 29.7. The van der Waals surface area contributed by atoms with Crippen LogP contribution in [0.4, 0.5) is 0 Å². The Kier molecular flexibility index (Phi) is 29.8. The Morgan fingerprint density at radius 2 is 0.776 bits per heavy atom. The van der Waals surface area contributed by atoms with Gasteiger partial charge in [-0.3, -0.25) is 29.7 Å². The van der Waals surface area contributed by atoms with E-state index in [1.54, 1.807) is 24.8 Å². The van der Waals surface area contributed by atoms with E-state index < -0.39 is 26.5 Å². The molecule has 0 radical (unpaired) electrons. The fourth-order valence-electron chi connectivity index (χ4n) is 4.86. The van der Waals surface area contributed by atoms with Crippen molar-refractivity contribution in [2.24, 2.45) is 0 Å². The number of aryl methyl sites for hydroxylation is 1. The summed E-state index contributed by atoms with van der Waals surface area (Å²) in [5, 5.41) is 29.8. The van der Waals surface area contributed by atoms with Gasteiger partial charge in [0.15, 0.2) is 0 Å². The van der Waals surface area contributed by atoms with Crippen molar-refractivity contribution >= 4 is 5.97 Å². The second kappa shape index (κ2) is 30.5. The van der Waals surface area contributed by atoms with Crippen molar-refractivity contribution in [1.29, 1.82) is 0 Å². The zero-order valence-corrected chi connectivity index (χ0v) is 39.4. The molecule has 18 nitrogen and oxygen atoms in total. The van der Waals surface area contributed by atoms with E-state index in [2.05, 4.69) is 36.7 Å². The molecule has 0 amide bonds. The molecule has 0 fully saturated rings. The SMILES string of the molecule is CC(=O)[O-].CO.Cc1cc(CN(Cc2ccccn2)Cc2ccccn2)c([O-])c(CN(Cc2ccccn2)Cc2ccccn2)c1.[O-][Cl+3]([O-])([O-])[O-].[O-][Cl+3]([O-])([O-])[O-].[Zn+2].[Zn+2]. The molecule has 0 bridgehead atoms. The van der Waals surface area contributed by atoms with Gasteiger partial charge in [0.2, 0.25) is 0 Å². The van der Waals surface area contributed by atoms with Crippen LogP contribution in [0.25, 0.3) is 0 Å². The van der Waals surface area contributed by atoms with Gasteiger partial charge >= 0.3 is 39.0 Å². The fraction of sp³-hybridized carbons (Fsp3) is 0.250. The minimum atomic E-state index is -4.94. The van der Waals surface area contributed by atoms with Crippen LogP contribution < -0.4 is 47.5 Å². The van der Waals surface area contributed by atoms with Gasteiger partial charge in [-0.2, -0.15) is 0 Å². The van der Waals surface area contributed by atoms with E-state index >= 15 is 0 Å². The van der Waals surface area contributed by atoms with E-state index in [9.17, 15) is 5.11 Å². The summed E-state index contributed by atoms with van der Waals surface area (Å²) in [5.74, 6) is -1.01. The molecule has 0 saturated carbocycles. The molecule has 5 aromatic rings. The Bertz CT molecular complexity index is 1590. The molecule has 0 aliphatic heterocycles. The number of hydrogen-bond donors (Lipinski definition) is 1. The normalized spacial score (nSPS) is 10.4. The van der Waals surface area contributed by atoms with Crippen LogP contribution >= 0.6 is 0 Å². The first-order chi connectivity index (χ1) is 26.4. The summed E-state index contributed by atoms with van der Waals surface area (Å²) in [6.45, 7) is 6.49. The van der Waals surface area contributed by atoms with Gasteiger partial charge in [-0.05, 0) is 73.5 Å². The molecule has 0 spiro atoms. The average Bonchev–Trinajstić information content (AvgIpc) is 3.11. The predicted octanol–water partition coefficient (Wildman–Crippen LogP) is -6.10. The smallest absolute Gasteiger partial charge is 0.872 e. The Hall–Kier alpha value is -3.52. The maximum atomic E-state index is 13.9. The Balaban J connectivity index is 0. The third-order valence-electron chi connectivity index (χ3n) is 6.62. The first kappa shape index (κ1) is 56.6. The molecule has 4 heterocycles. The van der Waals surface area contributed by atoms with Crippen LogP contribution in [0.3, 0.4) is 0 Å². The Morgan fingerprint density at radius 1 is 0.552 bits per heavy atom. The molecule has 5 rings (SSSR count). The average molecular weight is 950 g/mol. The van der Waals surface area contributed by atoms with Crippen molar-refractivity contribution in [1.82, 2.24) is 29.7 Å². The second-order valence-electron chi connectivity index (χ2n) is 11.2. The number of carbonyl (C=O) groups excluding carboxylic acids is 1. The number of aliphatic hydroxyl groups excluding tert-OH is 1. The summed E-state index contributed by atoms with van der Waals surface area (Å²) in [4.78, 5) is 31.4. The summed E-state index contributed by atoms with van der Waals surface area (Å²) < 4.78 is 67.9. The van der Waals surface area contributed by atoms with Crippen molar-refractivity contribution in [3.8, 4) is 5.75 Å². The molecule has 58 heavy (non-hydrogen) atoms. The van der Waals surface area contributed by atoms with Crippen LogP contribution in [-0.4, -0.2) is 47.9 Å². The van der Waals surface area contributed by atoms with E-state index in [1.807, 2.05) is 84.9 Å². The molecule has 1 aromatic carbocycles. The maximum Gasteiger partial charge on any atom is 2.00 e. The molecule has 0 aliphatic rings. The van der Waals surface area contributed by atoms with Gasteiger partial charge in [0.1, 0.15) is 0 Å². The van der Waals surface area contributed by atoms with E-state index in [1.165, 1.54) is 0 Å². The summed E-state index contributed by atoms with van der Waals surface area (Å²) in [6, 6.07) is 27.7. The molecule has 0 atom stereocenters. The van der Waals surface area contributed by atoms with Crippen LogP contribution in [0.15, 0.2) is 110 Å². The Labute approximate surface area is 365 Å². The number of pyridine rings is 4. The largest absolute Gasteiger partial charge is 2.00 e. The molecule has 0 saturated heterocycles. The number of carboxylic acid groups (broad SMARTS) is 1. The molecule has 1 N–H and O–H groups in total. The summed E-state index contributed by atoms with van der Waals surface area (Å²) >= 11 is 0. The van der Waals surface area contributed by atoms with Gasteiger partial charge < -0.3 is 20.1 Å².